The molecule has 0 bridgehead atoms. The molecule has 3 N–H and O–H groups in total. The van der Waals surface area contributed by atoms with Gasteiger partial charge in [0.05, 0.1) is 13.3 Å². The average Bonchev–Trinajstić information content (AvgIpc) is 3.04. The molecule has 2 aromatic rings. The molecule has 3 rings (SSSR count). The molecule has 1 fully saturated rings. The van der Waals surface area contributed by atoms with Gasteiger partial charge in [0.2, 0.25) is 11.8 Å². The Morgan fingerprint density at radius 3 is 2.83 bits per heavy atom. The van der Waals surface area contributed by atoms with Crippen molar-refractivity contribution >= 4 is 40.6 Å². The Morgan fingerprint density at radius 2 is 2.10 bits per heavy atom. The van der Waals surface area contributed by atoms with Crippen molar-refractivity contribution in [3.8, 4) is 11.5 Å². The van der Waals surface area contributed by atoms with Gasteiger partial charge in [-0.05, 0) is 48.0 Å². The van der Waals surface area contributed by atoms with Crippen molar-refractivity contribution < 1.29 is 23.8 Å². The Hall–Kier alpha value is -3.40. The first-order chi connectivity index (χ1) is 13.9. The number of phenolic OH excluding ortho intramolecular Hbond substituents is 1. The fourth-order valence-corrected chi connectivity index (χ4v) is 3.35. The molecule has 0 saturated carbocycles. The van der Waals surface area contributed by atoms with Crippen LogP contribution in [0.3, 0.4) is 0 Å². The highest BCUT2D eigenvalue weighted by molar-refractivity contribution is 8.15. The largest absolute Gasteiger partial charge is 0.504 e. The van der Waals surface area contributed by atoms with Crippen LogP contribution in [0.1, 0.15) is 12.0 Å². The quantitative estimate of drug-likeness (QED) is 0.495. The van der Waals surface area contributed by atoms with E-state index in [0.29, 0.717) is 17.0 Å². The maximum Gasteiger partial charge on any atom is 0.240 e. The molecule has 1 unspecified atom stereocenters. The Morgan fingerprint density at radius 1 is 1.34 bits per heavy atom. The van der Waals surface area contributed by atoms with Crippen LogP contribution in [-0.2, 0) is 9.59 Å². The van der Waals surface area contributed by atoms with E-state index in [1.165, 1.54) is 43.7 Å². The molecule has 0 aromatic heterocycles. The van der Waals surface area contributed by atoms with Gasteiger partial charge >= 0.3 is 0 Å². The Kier molecular flexibility index (Phi) is 6.45. The minimum atomic E-state index is -0.641. The normalized spacial score (nSPS) is 17.5. The SMILES string of the molecule is COc1cc(/C=N/N=C2/NC(=O)C(CC(=O)Nc3ccc(F)cc3)S2)ccc1O. The lowest BCUT2D eigenvalue weighted by Gasteiger charge is -2.07. The lowest BCUT2D eigenvalue weighted by Crippen LogP contribution is -2.28. The van der Waals surface area contributed by atoms with Gasteiger partial charge in [-0.2, -0.15) is 5.10 Å². The zero-order valence-corrected chi connectivity index (χ0v) is 16.1. The summed E-state index contributed by atoms with van der Waals surface area (Å²) in [6.45, 7) is 0. The van der Waals surface area contributed by atoms with Crippen LogP contribution in [0.15, 0.2) is 52.7 Å². The number of ether oxygens (including phenoxy) is 1. The molecule has 10 heteroatoms. The van der Waals surface area contributed by atoms with E-state index in [4.69, 9.17) is 4.74 Å². The fraction of sp³-hybridized carbons (Fsp3) is 0.158. The van der Waals surface area contributed by atoms with Gasteiger partial charge in [-0.15, -0.1) is 5.10 Å². The molecule has 0 radical (unpaired) electrons. The number of halogens is 1. The minimum absolute atomic E-state index is 0.0105. The maximum absolute atomic E-state index is 12.9. The molecular formula is C19H17FN4O4S. The van der Waals surface area contributed by atoms with Crippen LogP contribution in [0, 0.1) is 5.82 Å². The van der Waals surface area contributed by atoms with Crippen LogP contribution in [0.4, 0.5) is 10.1 Å². The van der Waals surface area contributed by atoms with Crippen molar-refractivity contribution in [2.75, 3.05) is 12.4 Å². The molecule has 2 aromatic carbocycles. The number of phenols is 1. The third-order valence-corrected chi connectivity index (χ3v) is 4.91. The number of hydrogen-bond acceptors (Lipinski definition) is 7. The number of thioether (sulfide) groups is 1. The van der Waals surface area contributed by atoms with Gasteiger partial charge in [0.15, 0.2) is 16.7 Å². The second-order valence-corrected chi connectivity index (χ2v) is 7.13. The third-order valence-electron chi connectivity index (χ3n) is 3.83. The number of aromatic hydroxyl groups is 1. The zero-order valence-electron chi connectivity index (χ0n) is 15.3. The highest BCUT2D eigenvalue weighted by Crippen LogP contribution is 2.26. The molecule has 1 aliphatic rings. The second-order valence-electron chi connectivity index (χ2n) is 5.94. The Balaban J connectivity index is 1.56. The van der Waals surface area contributed by atoms with Crippen molar-refractivity contribution in [3.63, 3.8) is 0 Å². The number of carbonyl (C=O) groups excluding carboxylic acids is 2. The van der Waals surface area contributed by atoms with E-state index < -0.39 is 11.1 Å². The summed E-state index contributed by atoms with van der Waals surface area (Å²) in [5.41, 5.74) is 1.09. The molecule has 1 aliphatic heterocycles. The molecular weight excluding hydrogens is 399 g/mol. The fourth-order valence-electron chi connectivity index (χ4n) is 2.42. The van der Waals surface area contributed by atoms with E-state index in [-0.39, 0.29) is 29.2 Å². The first-order valence-corrected chi connectivity index (χ1v) is 9.33. The summed E-state index contributed by atoms with van der Waals surface area (Å²) in [7, 11) is 1.44. The van der Waals surface area contributed by atoms with Crippen molar-refractivity contribution in [1.29, 1.82) is 0 Å². The Bertz CT molecular complexity index is 979. The van der Waals surface area contributed by atoms with Crippen LogP contribution in [0.2, 0.25) is 0 Å². The number of amides is 2. The van der Waals surface area contributed by atoms with Gasteiger partial charge < -0.3 is 20.5 Å². The van der Waals surface area contributed by atoms with Crippen molar-refractivity contribution in [2.24, 2.45) is 10.2 Å². The maximum atomic E-state index is 12.9. The predicted molar refractivity (Wildman–Crippen MR) is 109 cm³/mol. The molecule has 29 heavy (non-hydrogen) atoms. The van der Waals surface area contributed by atoms with Crippen molar-refractivity contribution in [3.05, 3.63) is 53.8 Å². The van der Waals surface area contributed by atoms with Gasteiger partial charge in [0.25, 0.3) is 0 Å². The topological polar surface area (TPSA) is 112 Å². The van der Waals surface area contributed by atoms with Gasteiger partial charge in [-0.1, -0.05) is 11.8 Å². The summed E-state index contributed by atoms with van der Waals surface area (Å²) >= 11 is 1.10. The summed E-state index contributed by atoms with van der Waals surface area (Å²) < 4.78 is 17.9. The number of nitrogens with one attached hydrogen (secondary N) is 2. The first kappa shape index (κ1) is 20.3. The second kappa shape index (κ2) is 9.20. The van der Waals surface area contributed by atoms with E-state index in [1.54, 1.807) is 12.1 Å². The highest BCUT2D eigenvalue weighted by atomic mass is 32.2. The van der Waals surface area contributed by atoms with Gasteiger partial charge in [-0.3, -0.25) is 9.59 Å². The lowest BCUT2D eigenvalue weighted by molar-refractivity contribution is -0.122. The summed E-state index contributed by atoms with van der Waals surface area (Å²) in [6, 6.07) is 10.0. The minimum Gasteiger partial charge on any atom is -0.504 e. The van der Waals surface area contributed by atoms with Crippen LogP contribution in [-0.4, -0.2) is 40.7 Å². The predicted octanol–water partition coefficient (Wildman–Crippen LogP) is 2.49. The Labute approximate surface area is 169 Å². The molecule has 1 heterocycles. The number of methoxy groups -OCH3 is 1. The van der Waals surface area contributed by atoms with E-state index in [9.17, 15) is 19.1 Å². The molecule has 1 saturated heterocycles. The van der Waals surface area contributed by atoms with Crippen LogP contribution >= 0.6 is 11.8 Å². The standard InChI is InChI=1S/C19H17FN4O4S/c1-28-15-8-11(2-7-14(15)25)10-21-24-19-23-18(27)16(29-19)9-17(26)22-13-5-3-12(20)4-6-13/h2-8,10,16,25H,9H2,1H3,(H,22,26)(H,23,24,27)/b21-10+. The van der Waals surface area contributed by atoms with Gasteiger partial charge in [0, 0.05) is 12.1 Å². The van der Waals surface area contributed by atoms with E-state index in [1.807, 2.05) is 0 Å². The molecule has 1 atom stereocenters. The first-order valence-electron chi connectivity index (χ1n) is 8.45. The van der Waals surface area contributed by atoms with Crippen molar-refractivity contribution in [1.82, 2.24) is 5.32 Å². The van der Waals surface area contributed by atoms with Gasteiger partial charge in [-0.25, -0.2) is 4.39 Å². The number of anilines is 1. The van der Waals surface area contributed by atoms with E-state index >= 15 is 0 Å². The average molecular weight is 416 g/mol. The number of rotatable bonds is 6. The zero-order chi connectivity index (χ0) is 20.8. The number of amidine groups is 1. The summed E-state index contributed by atoms with van der Waals surface area (Å²) in [5, 5.41) is 22.2. The number of carbonyl (C=O) groups is 2. The van der Waals surface area contributed by atoms with Crippen molar-refractivity contribution in [2.45, 2.75) is 11.7 Å². The molecule has 8 nitrogen and oxygen atoms in total. The molecule has 2 amide bonds. The third kappa shape index (κ3) is 5.55. The van der Waals surface area contributed by atoms with Crippen LogP contribution in [0.5, 0.6) is 11.5 Å². The monoisotopic (exact) mass is 416 g/mol. The van der Waals surface area contributed by atoms with E-state index in [0.717, 1.165) is 11.8 Å². The van der Waals surface area contributed by atoms with E-state index in [2.05, 4.69) is 20.8 Å². The smallest absolute Gasteiger partial charge is 0.240 e. The van der Waals surface area contributed by atoms with Gasteiger partial charge in [0.1, 0.15) is 11.1 Å². The van der Waals surface area contributed by atoms with Crippen LogP contribution in [0.25, 0.3) is 0 Å². The lowest BCUT2D eigenvalue weighted by atomic mass is 10.2. The summed E-state index contributed by atoms with van der Waals surface area (Å²) in [6.07, 6.45) is 1.38. The summed E-state index contributed by atoms with van der Waals surface area (Å²) in [4.78, 5) is 24.1. The summed E-state index contributed by atoms with van der Waals surface area (Å²) in [5.74, 6) is -0.802. The highest BCUT2D eigenvalue weighted by Gasteiger charge is 2.32. The van der Waals surface area contributed by atoms with Crippen LogP contribution < -0.4 is 15.4 Å². The molecule has 0 aliphatic carbocycles. The molecule has 150 valence electrons. The number of hydrogen-bond donors (Lipinski definition) is 3. The number of benzene rings is 2. The molecule has 0 spiro atoms. The number of nitrogens with zero attached hydrogens (tertiary/aromatic N) is 2.